The highest BCUT2D eigenvalue weighted by Gasteiger charge is 2.58. The molecular formula is C13H10F3O3-. The SMILES string of the molecule is CC1=C(C(=O)[O-])C(C)(C(F)(F)F)Oc2ccccc21. The van der Waals surface area contributed by atoms with E-state index < -0.39 is 23.3 Å². The predicted molar refractivity (Wildman–Crippen MR) is 59.1 cm³/mol. The molecule has 6 heteroatoms. The fourth-order valence-electron chi connectivity index (χ4n) is 2.18. The summed E-state index contributed by atoms with van der Waals surface area (Å²) in [6.45, 7) is 2.01. The van der Waals surface area contributed by atoms with Crippen LogP contribution in [0.2, 0.25) is 0 Å². The highest BCUT2D eigenvalue weighted by molar-refractivity contribution is 5.99. The molecule has 0 saturated heterocycles. The smallest absolute Gasteiger partial charge is 0.432 e. The standard InChI is InChI=1S/C13H11F3O3/c1-7-8-5-3-4-6-9(8)19-12(2,13(14,15)16)10(7)11(17)18/h3-6H,1-2H3,(H,17,18)/p-1. The van der Waals surface area contributed by atoms with Crippen LogP contribution in [0.25, 0.3) is 5.57 Å². The third-order valence-electron chi connectivity index (χ3n) is 3.20. The summed E-state index contributed by atoms with van der Waals surface area (Å²) in [6.07, 6.45) is -4.86. The Bertz CT molecular complexity index is 575. The maximum absolute atomic E-state index is 13.2. The Morgan fingerprint density at radius 3 is 2.42 bits per heavy atom. The molecule has 1 aromatic rings. The minimum Gasteiger partial charge on any atom is -0.545 e. The minimum absolute atomic E-state index is 0.00155. The third kappa shape index (κ3) is 1.87. The van der Waals surface area contributed by atoms with E-state index in [0.29, 0.717) is 12.5 Å². The second-order valence-corrected chi connectivity index (χ2v) is 4.42. The fraction of sp³-hybridized carbons (Fsp3) is 0.308. The van der Waals surface area contributed by atoms with Crippen molar-refractivity contribution in [2.24, 2.45) is 0 Å². The lowest BCUT2D eigenvalue weighted by Gasteiger charge is -2.40. The van der Waals surface area contributed by atoms with Gasteiger partial charge in [0.25, 0.3) is 0 Å². The molecule has 0 N–H and O–H groups in total. The van der Waals surface area contributed by atoms with Gasteiger partial charge in [-0.05, 0) is 25.5 Å². The highest BCUT2D eigenvalue weighted by Crippen LogP contribution is 2.47. The molecule has 0 amide bonds. The molecule has 1 heterocycles. The number of hydrogen-bond acceptors (Lipinski definition) is 3. The van der Waals surface area contributed by atoms with Crippen LogP contribution in [0.15, 0.2) is 29.8 Å². The average Bonchev–Trinajstić information content (AvgIpc) is 2.27. The maximum atomic E-state index is 13.2. The first-order valence-corrected chi connectivity index (χ1v) is 5.46. The topological polar surface area (TPSA) is 49.4 Å². The normalized spacial score (nSPS) is 22.8. The molecule has 2 rings (SSSR count). The van der Waals surface area contributed by atoms with Crippen LogP contribution >= 0.6 is 0 Å². The quantitative estimate of drug-likeness (QED) is 0.784. The Balaban J connectivity index is 2.76. The molecule has 0 spiro atoms. The van der Waals surface area contributed by atoms with E-state index in [0.717, 1.165) is 0 Å². The van der Waals surface area contributed by atoms with Crippen LogP contribution in [0, 0.1) is 0 Å². The summed E-state index contributed by atoms with van der Waals surface area (Å²) >= 11 is 0. The van der Waals surface area contributed by atoms with Crippen LogP contribution in [-0.4, -0.2) is 17.7 Å². The van der Waals surface area contributed by atoms with Crippen LogP contribution in [0.1, 0.15) is 19.4 Å². The first-order valence-electron chi connectivity index (χ1n) is 5.46. The monoisotopic (exact) mass is 271 g/mol. The van der Waals surface area contributed by atoms with Crippen LogP contribution in [-0.2, 0) is 4.79 Å². The fourth-order valence-corrected chi connectivity index (χ4v) is 2.18. The summed E-state index contributed by atoms with van der Waals surface area (Å²) in [4.78, 5) is 11.1. The van der Waals surface area contributed by atoms with Gasteiger partial charge in [0.15, 0.2) is 0 Å². The second kappa shape index (κ2) is 4.01. The third-order valence-corrected chi connectivity index (χ3v) is 3.20. The average molecular weight is 271 g/mol. The lowest BCUT2D eigenvalue weighted by Crippen LogP contribution is -2.55. The molecule has 0 aliphatic carbocycles. The number of allylic oxidation sites excluding steroid dienone is 1. The number of rotatable bonds is 1. The molecule has 0 radical (unpaired) electrons. The lowest BCUT2D eigenvalue weighted by molar-refractivity contribution is -0.306. The van der Waals surface area contributed by atoms with E-state index in [-0.39, 0.29) is 11.3 Å². The molecule has 102 valence electrons. The largest absolute Gasteiger partial charge is 0.545 e. The number of carboxylic acid groups (broad SMARTS) is 1. The molecule has 1 atom stereocenters. The molecule has 1 aromatic carbocycles. The predicted octanol–water partition coefficient (Wildman–Crippen LogP) is 1.92. The first kappa shape index (κ1) is 13.5. The maximum Gasteiger partial charge on any atom is 0.432 e. The molecule has 0 fully saturated rings. The summed E-state index contributed by atoms with van der Waals surface area (Å²) in [5.74, 6) is -1.88. The number of fused-ring (bicyclic) bond motifs is 1. The van der Waals surface area contributed by atoms with E-state index in [1.54, 1.807) is 6.07 Å². The number of ether oxygens (including phenoxy) is 1. The Labute approximate surface area is 107 Å². The van der Waals surface area contributed by atoms with Crippen molar-refractivity contribution in [1.82, 2.24) is 0 Å². The van der Waals surface area contributed by atoms with E-state index in [4.69, 9.17) is 4.74 Å². The Morgan fingerprint density at radius 1 is 1.32 bits per heavy atom. The van der Waals surface area contributed by atoms with Gasteiger partial charge in [-0.25, -0.2) is 0 Å². The van der Waals surface area contributed by atoms with Crippen LogP contribution in [0.4, 0.5) is 13.2 Å². The summed E-state index contributed by atoms with van der Waals surface area (Å²) < 4.78 is 44.4. The Morgan fingerprint density at radius 2 is 1.89 bits per heavy atom. The molecule has 0 aromatic heterocycles. The first-order chi connectivity index (χ1) is 8.68. The van der Waals surface area contributed by atoms with E-state index in [9.17, 15) is 23.1 Å². The summed E-state index contributed by atoms with van der Waals surface area (Å²) in [6, 6.07) is 5.99. The molecular weight excluding hydrogens is 261 g/mol. The van der Waals surface area contributed by atoms with Crippen molar-refractivity contribution in [3.05, 3.63) is 35.4 Å². The number of carbonyl (C=O) groups excluding carboxylic acids is 1. The molecule has 19 heavy (non-hydrogen) atoms. The molecule has 0 bridgehead atoms. The number of benzene rings is 1. The van der Waals surface area contributed by atoms with Gasteiger partial charge in [0.1, 0.15) is 5.75 Å². The van der Waals surface area contributed by atoms with E-state index >= 15 is 0 Å². The van der Waals surface area contributed by atoms with Crippen molar-refractivity contribution in [2.45, 2.75) is 25.6 Å². The molecule has 1 aliphatic heterocycles. The molecule has 0 saturated carbocycles. The van der Waals surface area contributed by atoms with Gasteiger partial charge in [-0.15, -0.1) is 0 Å². The van der Waals surface area contributed by atoms with Crippen LogP contribution in [0.3, 0.4) is 0 Å². The van der Waals surface area contributed by atoms with E-state index in [1.165, 1.54) is 25.1 Å². The van der Waals surface area contributed by atoms with Crippen molar-refractivity contribution in [3.63, 3.8) is 0 Å². The molecule has 1 unspecified atom stereocenters. The zero-order valence-corrected chi connectivity index (χ0v) is 10.2. The van der Waals surface area contributed by atoms with Crippen molar-refractivity contribution < 1.29 is 27.8 Å². The Kier molecular flexibility index (Phi) is 2.84. The van der Waals surface area contributed by atoms with Crippen molar-refractivity contribution in [2.75, 3.05) is 0 Å². The molecule has 3 nitrogen and oxygen atoms in total. The van der Waals surface area contributed by atoms with Crippen LogP contribution < -0.4 is 9.84 Å². The highest BCUT2D eigenvalue weighted by atomic mass is 19.4. The second-order valence-electron chi connectivity index (χ2n) is 4.42. The van der Waals surface area contributed by atoms with Gasteiger partial charge in [0.05, 0.1) is 5.97 Å². The number of aliphatic carboxylic acids is 1. The summed E-state index contributed by atoms with van der Waals surface area (Å²) in [7, 11) is 0. The number of para-hydroxylation sites is 1. The van der Waals surface area contributed by atoms with Gasteiger partial charge < -0.3 is 14.6 Å². The van der Waals surface area contributed by atoms with Gasteiger partial charge >= 0.3 is 6.18 Å². The number of halogens is 3. The van der Waals surface area contributed by atoms with Crippen molar-refractivity contribution in [1.29, 1.82) is 0 Å². The van der Waals surface area contributed by atoms with Gasteiger partial charge in [-0.1, -0.05) is 18.2 Å². The van der Waals surface area contributed by atoms with Gasteiger partial charge in [-0.2, -0.15) is 13.2 Å². The number of carbonyl (C=O) groups is 1. The Hall–Kier alpha value is -1.98. The number of carboxylic acids is 1. The van der Waals surface area contributed by atoms with E-state index in [2.05, 4.69) is 0 Å². The van der Waals surface area contributed by atoms with Gasteiger partial charge in [0, 0.05) is 11.1 Å². The van der Waals surface area contributed by atoms with Crippen molar-refractivity contribution in [3.8, 4) is 5.75 Å². The van der Waals surface area contributed by atoms with Crippen LogP contribution in [0.5, 0.6) is 5.75 Å². The van der Waals surface area contributed by atoms with Crippen molar-refractivity contribution >= 4 is 11.5 Å². The number of alkyl halides is 3. The van der Waals surface area contributed by atoms with Gasteiger partial charge in [0.2, 0.25) is 5.60 Å². The summed E-state index contributed by atoms with van der Waals surface area (Å²) in [5.41, 5.74) is -3.48. The number of hydrogen-bond donors (Lipinski definition) is 0. The summed E-state index contributed by atoms with van der Waals surface area (Å²) in [5, 5.41) is 11.1. The van der Waals surface area contributed by atoms with E-state index in [1.807, 2.05) is 0 Å². The zero-order chi connectivity index (χ0) is 14.4. The van der Waals surface area contributed by atoms with Gasteiger partial charge in [-0.3, -0.25) is 0 Å². The molecule has 1 aliphatic rings. The lowest BCUT2D eigenvalue weighted by atomic mass is 9.85. The minimum atomic E-state index is -4.86. The zero-order valence-electron chi connectivity index (χ0n) is 10.2.